The largest absolute Gasteiger partial charge is 0.378 e. The Morgan fingerprint density at radius 2 is 1.92 bits per heavy atom. The van der Waals surface area contributed by atoms with E-state index in [0.29, 0.717) is 19.6 Å². The van der Waals surface area contributed by atoms with Gasteiger partial charge in [-0.2, -0.15) is 0 Å². The summed E-state index contributed by atoms with van der Waals surface area (Å²) in [6, 6.07) is 8.57. The number of rotatable bonds is 6. The zero-order valence-corrected chi connectivity index (χ0v) is 16.2. The average molecular weight is 390 g/mol. The second-order valence-electron chi connectivity index (χ2n) is 6.46. The summed E-state index contributed by atoms with van der Waals surface area (Å²) in [6.45, 7) is 6.17. The third-order valence-corrected chi connectivity index (χ3v) is 4.62. The zero-order chi connectivity index (χ0) is 15.9. The van der Waals surface area contributed by atoms with Gasteiger partial charge >= 0.3 is 0 Å². The highest BCUT2D eigenvalue weighted by molar-refractivity contribution is 5.85. The van der Waals surface area contributed by atoms with Crippen LogP contribution >= 0.6 is 24.8 Å². The molecule has 7 heteroatoms. The molecule has 3 rings (SSSR count). The van der Waals surface area contributed by atoms with Crippen LogP contribution in [0.3, 0.4) is 0 Å². The van der Waals surface area contributed by atoms with Crippen molar-refractivity contribution in [3.63, 3.8) is 0 Å². The molecule has 2 aliphatic heterocycles. The van der Waals surface area contributed by atoms with E-state index in [-0.39, 0.29) is 36.8 Å². The molecule has 2 N–H and O–H groups in total. The summed E-state index contributed by atoms with van der Waals surface area (Å²) in [4.78, 5) is 14.6. The highest BCUT2D eigenvalue weighted by Gasteiger charge is 2.17. The van der Waals surface area contributed by atoms with E-state index in [1.54, 1.807) is 0 Å². The third kappa shape index (κ3) is 7.12. The minimum Gasteiger partial charge on any atom is -0.378 e. The number of amides is 1. The third-order valence-electron chi connectivity index (χ3n) is 4.62. The molecule has 0 aromatic heterocycles. The van der Waals surface area contributed by atoms with Crippen LogP contribution in [0.4, 0.5) is 0 Å². The fourth-order valence-electron chi connectivity index (χ4n) is 3.31. The maximum Gasteiger partial charge on any atom is 0.221 e. The first kappa shape index (κ1) is 22.2. The maximum atomic E-state index is 12.1. The summed E-state index contributed by atoms with van der Waals surface area (Å²) in [6.07, 6.45) is 3.08. The van der Waals surface area contributed by atoms with Crippen LogP contribution < -0.4 is 10.6 Å². The predicted octanol–water partition coefficient (Wildman–Crippen LogP) is 2.12. The highest BCUT2D eigenvalue weighted by atomic mass is 35.5. The van der Waals surface area contributed by atoms with Gasteiger partial charge in [0.05, 0.1) is 13.2 Å². The quantitative estimate of drug-likeness (QED) is 0.782. The van der Waals surface area contributed by atoms with Crippen molar-refractivity contribution in [1.29, 1.82) is 0 Å². The van der Waals surface area contributed by atoms with Gasteiger partial charge in [-0.05, 0) is 37.1 Å². The SMILES string of the molecule is Cl.Cl.O=C(CC1COCCN1)NCc1ccccc1CN1CCCC1. The van der Waals surface area contributed by atoms with Crippen molar-refractivity contribution in [1.82, 2.24) is 15.5 Å². The zero-order valence-electron chi connectivity index (χ0n) is 14.5. The van der Waals surface area contributed by atoms with Crippen LogP contribution in [0.1, 0.15) is 30.4 Å². The molecule has 0 saturated carbocycles. The molecule has 1 aromatic carbocycles. The van der Waals surface area contributed by atoms with Gasteiger partial charge in [-0.1, -0.05) is 24.3 Å². The Labute approximate surface area is 162 Å². The molecule has 1 atom stereocenters. The van der Waals surface area contributed by atoms with E-state index < -0.39 is 0 Å². The smallest absolute Gasteiger partial charge is 0.221 e. The predicted molar refractivity (Wildman–Crippen MR) is 105 cm³/mol. The molecule has 142 valence electrons. The van der Waals surface area contributed by atoms with Gasteiger partial charge in [-0.15, -0.1) is 24.8 Å². The van der Waals surface area contributed by atoms with Crippen molar-refractivity contribution in [2.75, 3.05) is 32.8 Å². The Morgan fingerprint density at radius 3 is 2.60 bits per heavy atom. The summed E-state index contributed by atoms with van der Waals surface area (Å²) in [5.74, 6) is 0.0870. The summed E-state index contributed by atoms with van der Waals surface area (Å²) in [5, 5.41) is 6.37. The van der Waals surface area contributed by atoms with E-state index in [1.807, 2.05) is 6.07 Å². The van der Waals surface area contributed by atoms with Gasteiger partial charge in [-0.25, -0.2) is 0 Å². The number of nitrogens with one attached hydrogen (secondary N) is 2. The molecule has 2 heterocycles. The molecule has 0 aliphatic carbocycles. The molecule has 1 unspecified atom stereocenters. The first-order valence-corrected chi connectivity index (χ1v) is 8.68. The van der Waals surface area contributed by atoms with Gasteiger partial charge in [0.2, 0.25) is 5.91 Å². The molecule has 0 bridgehead atoms. The summed E-state index contributed by atoms with van der Waals surface area (Å²) in [5.41, 5.74) is 2.55. The molecule has 5 nitrogen and oxygen atoms in total. The van der Waals surface area contributed by atoms with Gasteiger partial charge in [0.25, 0.3) is 0 Å². The lowest BCUT2D eigenvalue weighted by Crippen LogP contribution is -2.44. The number of ether oxygens (including phenoxy) is 1. The van der Waals surface area contributed by atoms with Crippen molar-refractivity contribution >= 4 is 30.7 Å². The van der Waals surface area contributed by atoms with Crippen molar-refractivity contribution < 1.29 is 9.53 Å². The second-order valence-corrected chi connectivity index (χ2v) is 6.46. The molecule has 1 amide bonds. The van der Waals surface area contributed by atoms with Gasteiger partial charge in [0.1, 0.15) is 0 Å². The number of hydrogen-bond donors (Lipinski definition) is 2. The molecule has 2 aliphatic rings. The molecule has 0 spiro atoms. The number of hydrogen-bond acceptors (Lipinski definition) is 4. The van der Waals surface area contributed by atoms with E-state index in [1.165, 1.54) is 37.1 Å². The summed E-state index contributed by atoms with van der Waals surface area (Å²) in [7, 11) is 0. The lowest BCUT2D eigenvalue weighted by molar-refractivity contribution is -0.122. The first-order chi connectivity index (χ1) is 11.3. The van der Waals surface area contributed by atoms with Crippen molar-refractivity contribution in [3.8, 4) is 0 Å². The summed E-state index contributed by atoms with van der Waals surface area (Å²) >= 11 is 0. The molecular formula is C18H29Cl2N3O2. The van der Waals surface area contributed by atoms with Crippen LogP contribution in [0, 0.1) is 0 Å². The minimum absolute atomic E-state index is 0. The van der Waals surface area contributed by atoms with E-state index in [9.17, 15) is 4.79 Å². The monoisotopic (exact) mass is 389 g/mol. The van der Waals surface area contributed by atoms with Gasteiger partial charge < -0.3 is 15.4 Å². The second kappa shape index (κ2) is 11.7. The molecule has 1 aromatic rings. The number of benzene rings is 1. The van der Waals surface area contributed by atoms with Gasteiger partial charge in [0.15, 0.2) is 0 Å². The van der Waals surface area contributed by atoms with Crippen LogP contribution in [0.25, 0.3) is 0 Å². The van der Waals surface area contributed by atoms with Crippen LogP contribution in [-0.2, 0) is 22.6 Å². The number of carbonyl (C=O) groups is 1. The van der Waals surface area contributed by atoms with Crippen LogP contribution in [0.15, 0.2) is 24.3 Å². The molecule has 2 saturated heterocycles. The molecule has 25 heavy (non-hydrogen) atoms. The Kier molecular flexibility index (Phi) is 10.4. The van der Waals surface area contributed by atoms with Gasteiger partial charge in [0, 0.05) is 32.1 Å². The van der Waals surface area contributed by atoms with Crippen LogP contribution in [0.2, 0.25) is 0 Å². The fourth-order valence-corrected chi connectivity index (χ4v) is 3.31. The van der Waals surface area contributed by atoms with Crippen LogP contribution in [-0.4, -0.2) is 49.7 Å². The number of halogens is 2. The molecule has 0 radical (unpaired) electrons. The van der Waals surface area contributed by atoms with Crippen LogP contribution in [0.5, 0.6) is 0 Å². The van der Waals surface area contributed by atoms with Gasteiger partial charge in [-0.3, -0.25) is 9.69 Å². The maximum absolute atomic E-state index is 12.1. The Hall–Kier alpha value is -0.850. The normalized spacial score (nSPS) is 20.4. The summed E-state index contributed by atoms with van der Waals surface area (Å²) < 4.78 is 5.39. The van der Waals surface area contributed by atoms with E-state index in [4.69, 9.17) is 4.74 Å². The minimum atomic E-state index is 0. The fraction of sp³-hybridized carbons (Fsp3) is 0.611. The molecular weight excluding hydrogens is 361 g/mol. The van der Waals surface area contributed by atoms with E-state index in [0.717, 1.165) is 19.7 Å². The number of likely N-dealkylation sites (tertiary alicyclic amines) is 1. The van der Waals surface area contributed by atoms with Crippen molar-refractivity contribution in [2.45, 2.75) is 38.4 Å². The Balaban J connectivity index is 0.00000156. The van der Waals surface area contributed by atoms with E-state index in [2.05, 4.69) is 33.7 Å². The lowest BCUT2D eigenvalue weighted by Gasteiger charge is -2.23. The number of carbonyl (C=O) groups excluding carboxylic acids is 1. The van der Waals surface area contributed by atoms with E-state index >= 15 is 0 Å². The Morgan fingerprint density at radius 1 is 1.20 bits per heavy atom. The number of morpholine rings is 1. The standard InChI is InChI=1S/C18H27N3O2.2ClH/c22-18(11-17-14-23-10-7-19-17)20-12-15-5-1-2-6-16(15)13-21-8-3-4-9-21;;/h1-2,5-6,17,19H,3-4,7-14H2,(H,20,22);2*1H. The Bertz CT molecular complexity index is 519. The number of nitrogens with zero attached hydrogens (tertiary/aromatic N) is 1. The molecule has 2 fully saturated rings. The average Bonchev–Trinajstić information content (AvgIpc) is 3.08. The lowest BCUT2D eigenvalue weighted by atomic mass is 10.1. The first-order valence-electron chi connectivity index (χ1n) is 8.68. The van der Waals surface area contributed by atoms with Crippen molar-refractivity contribution in [2.24, 2.45) is 0 Å². The topological polar surface area (TPSA) is 53.6 Å². The van der Waals surface area contributed by atoms with Crippen molar-refractivity contribution in [3.05, 3.63) is 35.4 Å². The highest BCUT2D eigenvalue weighted by Crippen LogP contribution is 2.16.